The van der Waals surface area contributed by atoms with Crippen LogP contribution in [0.2, 0.25) is 0 Å². The van der Waals surface area contributed by atoms with Crippen LogP contribution < -0.4 is 9.47 Å². The van der Waals surface area contributed by atoms with E-state index < -0.39 is 5.60 Å². The minimum Gasteiger partial charge on any atom is -0.497 e. The van der Waals surface area contributed by atoms with Crippen LogP contribution in [0.15, 0.2) is 18.2 Å². The summed E-state index contributed by atoms with van der Waals surface area (Å²) in [6.45, 7) is 3.93. The largest absolute Gasteiger partial charge is 0.497 e. The maximum atomic E-state index is 11.3. The first kappa shape index (κ1) is 15.6. The third kappa shape index (κ3) is 3.88. The van der Waals surface area contributed by atoms with E-state index in [9.17, 15) is 4.79 Å². The Morgan fingerprint density at radius 2 is 1.86 bits per heavy atom. The van der Waals surface area contributed by atoms with Crippen molar-refractivity contribution < 1.29 is 23.7 Å². The van der Waals surface area contributed by atoms with Crippen molar-refractivity contribution in [1.82, 2.24) is 0 Å². The minimum absolute atomic E-state index is 0.146. The van der Waals surface area contributed by atoms with Gasteiger partial charge in [0.05, 0.1) is 26.9 Å². The van der Waals surface area contributed by atoms with E-state index in [1.807, 2.05) is 25.1 Å². The van der Waals surface area contributed by atoms with E-state index in [4.69, 9.17) is 18.9 Å². The number of carbonyl (C=O) groups is 1. The van der Waals surface area contributed by atoms with Gasteiger partial charge in [0.15, 0.2) is 0 Å². The molecule has 0 aromatic heterocycles. The molecule has 2 atom stereocenters. The van der Waals surface area contributed by atoms with Crippen molar-refractivity contribution in [3.05, 3.63) is 23.8 Å². The molecule has 2 rings (SSSR count). The average Bonchev–Trinajstić information content (AvgIpc) is 2.45. The van der Waals surface area contributed by atoms with Crippen LogP contribution in [0.25, 0.3) is 0 Å². The monoisotopic (exact) mass is 294 g/mol. The second-order valence-corrected chi connectivity index (χ2v) is 5.50. The Bertz CT molecular complexity index is 491. The molecule has 0 saturated carbocycles. The van der Waals surface area contributed by atoms with E-state index in [1.165, 1.54) is 6.92 Å². The molecule has 2 unspecified atom stereocenters. The Morgan fingerprint density at radius 3 is 2.38 bits per heavy atom. The Kier molecular flexibility index (Phi) is 4.73. The molecule has 0 amide bonds. The molecule has 0 N–H and O–H groups in total. The number of rotatable bonds is 4. The predicted molar refractivity (Wildman–Crippen MR) is 77.6 cm³/mol. The lowest BCUT2D eigenvalue weighted by atomic mass is 9.89. The van der Waals surface area contributed by atoms with Crippen LogP contribution in [0.3, 0.4) is 0 Å². The molecule has 1 heterocycles. The standard InChI is InChI=1S/C16H22O5/c1-11(17)21-16(2)5-6-20-15(10-16)12-7-13(18-3)9-14(8-12)19-4/h7-9,15H,5-6,10H2,1-4H3. The minimum atomic E-state index is -0.495. The van der Waals surface area contributed by atoms with E-state index in [0.717, 1.165) is 5.56 Å². The van der Waals surface area contributed by atoms with Crippen molar-refractivity contribution >= 4 is 5.97 Å². The van der Waals surface area contributed by atoms with Crippen LogP contribution in [-0.4, -0.2) is 32.4 Å². The second-order valence-electron chi connectivity index (χ2n) is 5.50. The second kappa shape index (κ2) is 6.35. The van der Waals surface area contributed by atoms with Gasteiger partial charge in [0.2, 0.25) is 0 Å². The van der Waals surface area contributed by atoms with E-state index in [1.54, 1.807) is 14.2 Å². The molecule has 1 aromatic rings. The fraction of sp³-hybridized carbons (Fsp3) is 0.562. The van der Waals surface area contributed by atoms with E-state index in [0.29, 0.717) is 30.9 Å². The summed E-state index contributed by atoms with van der Waals surface area (Å²) in [7, 11) is 3.23. The molecular formula is C16H22O5. The number of carbonyl (C=O) groups excluding carboxylic acids is 1. The summed E-state index contributed by atoms with van der Waals surface area (Å²) in [6, 6.07) is 5.66. The van der Waals surface area contributed by atoms with Crippen molar-refractivity contribution in [2.45, 2.75) is 38.4 Å². The smallest absolute Gasteiger partial charge is 0.303 e. The van der Waals surface area contributed by atoms with Crippen molar-refractivity contribution in [2.24, 2.45) is 0 Å². The van der Waals surface area contributed by atoms with Crippen molar-refractivity contribution in [1.29, 1.82) is 0 Å². The van der Waals surface area contributed by atoms with Crippen LogP contribution >= 0.6 is 0 Å². The molecule has 1 aliphatic rings. The molecular weight excluding hydrogens is 272 g/mol. The first-order chi connectivity index (χ1) is 9.95. The number of ether oxygens (including phenoxy) is 4. The van der Waals surface area contributed by atoms with Crippen molar-refractivity contribution in [3.8, 4) is 11.5 Å². The zero-order chi connectivity index (χ0) is 15.5. The van der Waals surface area contributed by atoms with Crippen LogP contribution in [0.4, 0.5) is 0 Å². The van der Waals surface area contributed by atoms with Gasteiger partial charge in [0.1, 0.15) is 17.1 Å². The molecule has 0 radical (unpaired) electrons. The lowest BCUT2D eigenvalue weighted by molar-refractivity contribution is -0.170. The molecule has 1 aliphatic heterocycles. The maximum Gasteiger partial charge on any atom is 0.303 e. The number of methoxy groups -OCH3 is 2. The SMILES string of the molecule is COc1cc(OC)cc(C2CC(C)(OC(C)=O)CCO2)c1. The van der Waals surface area contributed by atoms with E-state index >= 15 is 0 Å². The van der Waals surface area contributed by atoms with Crippen LogP contribution in [0.1, 0.15) is 38.4 Å². The van der Waals surface area contributed by atoms with Crippen LogP contribution in [0, 0.1) is 0 Å². The number of esters is 1. The quantitative estimate of drug-likeness (QED) is 0.799. The van der Waals surface area contributed by atoms with Gasteiger partial charge in [0.25, 0.3) is 0 Å². The molecule has 1 aromatic carbocycles. The van der Waals surface area contributed by atoms with Gasteiger partial charge in [-0.3, -0.25) is 4.79 Å². The Balaban J connectivity index is 2.23. The highest BCUT2D eigenvalue weighted by Crippen LogP contribution is 2.38. The highest BCUT2D eigenvalue weighted by atomic mass is 16.6. The maximum absolute atomic E-state index is 11.3. The highest BCUT2D eigenvalue weighted by Gasteiger charge is 2.36. The first-order valence-corrected chi connectivity index (χ1v) is 7.00. The van der Waals surface area contributed by atoms with Gasteiger partial charge < -0.3 is 18.9 Å². The van der Waals surface area contributed by atoms with Gasteiger partial charge in [-0.25, -0.2) is 0 Å². The molecule has 1 fully saturated rings. The molecule has 0 spiro atoms. The molecule has 5 heteroatoms. The average molecular weight is 294 g/mol. The van der Waals surface area contributed by atoms with Gasteiger partial charge in [-0.1, -0.05) is 0 Å². The fourth-order valence-electron chi connectivity index (χ4n) is 2.64. The topological polar surface area (TPSA) is 54.0 Å². The third-order valence-electron chi connectivity index (χ3n) is 3.70. The summed E-state index contributed by atoms with van der Waals surface area (Å²) in [6.07, 6.45) is 1.17. The summed E-state index contributed by atoms with van der Waals surface area (Å²) in [5.41, 5.74) is 0.467. The van der Waals surface area contributed by atoms with Crippen molar-refractivity contribution in [2.75, 3.05) is 20.8 Å². The Hall–Kier alpha value is -1.75. The predicted octanol–water partition coefficient (Wildman–Crippen LogP) is 2.88. The van der Waals surface area contributed by atoms with Gasteiger partial charge >= 0.3 is 5.97 Å². The van der Waals surface area contributed by atoms with Gasteiger partial charge in [-0.2, -0.15) is 0 Å². The Labute approximate surface area is 125 Å². The summed E-state index contributed by atoms with van der Waals surface area (Å²) >= 11 is 0. The third-order valence-corrected chi connectivity index (χ3v) is 3.70. The van der Waals surface area contributed by atoms with Gasteiger partial charge in [-0.05, 0) is 24.6 Å². The molecule has 0 bridgehead atoms. The number of hydrogen-bond acceptors (Lipinski definition) is 5. The summed E-state index contributed by atoms with van der Waals surface area (Å²) in [4.78, 5) is 11.3. The Morgan fingerprint density at radius 1 is 1.24 bits per heavy atom. The normalized spacial score (nSPS) is 25.2. The van der Waals surface area contributed by atoms with Crippen molar-refractivity contribution in [3.63, 3.8) is 0 Å². The molecule has 21 heavy (non-hydrogen) atoms. The van der Waals surface area contributed by atoms with E-state index in [-0.39, 0.29) is 12.1 Å². The van der Waals surface area contributed by atoms with Gasteiger partial charge in [-0.15, -0.1) is 0 Å². The lowest BCUT2D eigenvalue weighted by Gasteiger charge is -2.37. The van der Waals surface area contributed by atoms with E-state index in [2.05, 4.69) is 0 Å². The lowest BCUT2D eigenvalue weighted by Crippen LogP contribution is -2.38. The fourth-order valence-corrected chi connectivity index (χ4v) is 2.64. The molecule has 116 valence electrons. The van der Waals surface area contributed by atoms with Gasteiger partial charge in [0, 0.05) is 25.8 Å². The van der Waals surface area contributed by atoms with Crippen LogP contribution in [-0.2, 0) is 14.3 Å². The zero-order valence-corrected chi connectivity index (χ0v) is 13.0. The molecule has 0 aliphatic carbocycles. The highest BCUT2D eigenvalue weighted by molar-refractivity contribution is 5.66. The zero-order valence-electron chi connectivity index (χ0n) is 13.0. The summed E-state index contributed by atoms with van der Waals surface area (Å²) in [5, 5.41) is 0. The number of benzene rings is 1. The number of hydrogen-bond donors (Lipinski definition) is 0. The summed E-state index contributed by atoms with van der Waals surface area (Å²) < 4.78 is 21.9. The first-order valence-electron chi connectivity index (χ1n) is 7.00. The molecule has 1 saturated heterocycles. The summed E-state index contributed by atoms with van der Waals surface area (Å²) in [5.74, 6) is 1.17. The molecule has 5 nitrogen and oxygen atoms in total. The van der Waals surface area contributed by atoms with Crippen LogP contribution in [0.5, 0.6) is 11.5 Å².